The van der Waals surface area contributed by atoms with Crippen LogP contribution in [-0.2, 0) is 14.8 Å². The molecule has 1 heterocycles. The van der Waals surface area contributed by atoms with E-state index in [0.717, 1.165) is 5.69 Å². The highest BCUT2D eigenvalue weighted by Crippen LogP contribution is 2.22. The second-order valence-corrected chi connectivity index (χ2v) is 7.22. The number of anilines is 1. The maximum absolute atomic E-state index is 12.1. The van der Waals surface area contributed by atoms with E-state index in [1.54, 1.807) is 23.1 Å². The van der Waals surface area contributed by atoms with Gasteiger partial charge in [0.25, 0.3) is 0 Å². The summed E-state index contributed by atoms with van der Waals surface area (Å²) in [4.78, 5) is 13.7. The van der Waals surface area contributed by atoms with Crippen LogP contribution < -0.4 is 9.62 Å². The van der Waals surface area contributed by atoms with E-state index in [2.05, 4.69) is 4.72 Å². The van der Waals surface area contributed by atoms with E-state index in [-0.39, 0.29) is 17.5 Å². The van der Waals surface area contributed by atoms with E-state index >= 15 is 0 Å². The number of hydrogen-bond acceptors (Lipinski definition) is 4. The number of cyclic esters (lactones) is 1. The van der Waals surface area contributed by atoms with Crippen LogP contribution in [-0.4, -0.2) is 33.7 Å². The summed E-state index contributed by atoms with van der Waals surface area (Å²) in [6.45, 7) is 0.619. The molecule has 1 aliphatic rings. The van der Waals surface area contributed by atoms with E-state index in [9.17, 15) is 13.2 Å². The molecule has 0 bridgehead atoms. The average molecular weight is 346 g/mol. The molecule has 24 heavy (non-hydrogen) atoms. The van der Waals surface area contributed by atoms with Crippen molar-refractivity contribution >= 4 is 21.8 Å². The van der Waals surface area contributed by atoms with Crippen LogP contribution >= 0.6 is 0 Å². The van der Waals surface area contributed by atoms with Crippen molar-refractivity contribution in [3.63, 3.8) is 0 Å². The molecule has 1 amide bonds. The van der Waals surface area contributed by atoms with E-state index in [1.165, 1.54) is 12.1 Å². The van der Waals surface area contributed by atoms with Crippen LogP contribution in [0.3, 0.4) is 0 Å². The Labute approximate surface area is 141 Å². The van der Waals surface area contributed by atoms with Gasteiger partial charge in [-0.05, 0) is 30.7 Å². The molecule has 2 aromatic carbocycles. The van der Waals surface area contributed by atoms with Crippen LogP contribution in [0.25, 0.3) is 0 Å². The van der Waals surface area contributed by atoms with E-state index in [0.29, 0.717) is 13.0 Å². The number of amides is 1. The molecular weight excluding hydrogens is 328 g/mol. The van der Waals surface area contributed by atoms with Crippen LogP contribution in [0.5, 0.6) is 0 Å². The van der Waals surface area contributed by atoms with Gasteiger partial charge in [-0.15, -0.1) is 0 Å². The topological polar surface area (TPSA) is 75.7 Å². The number of sulfonamides is 1. The lowest BCUT2D eigenvalue weighted by molar-refractivity contribution is 0.137. The van der Waals surface area contributed by atoms with Crippen LogP contribution in [0.4, 0.5) is 10.5 Å². The largest absolute Gasteiger partial charge is 0.444 e. The molecule has 1 N–H and O–H groups in total. The van der Waals surface area contributed by atoms with Crippen LogP contribution in [0.15, 0.2) is 65.6 Å². The third kappa shape index (κ3) is 3.74. The van der Waals surface area contributed by atoms with Crippen LogP contribution in [0.2, 0.25) is 0 Å². The molecular formula is C17H18N2O4S. The molecule has 6 nitrogen and oxygen atoms in total. The molecule has 126 valence electrons. The lowest BCUT2D eigenvalue weighted by atomic mass is 10.2. The van der Waals surface area contributed by atoms with Gasteiger partial charge in [0.1, 0.15) is 6.10 Å². The molecule has 1 saturated heterocycles. The van der Waals surface area contributed by atoms with Gasteiger partial charge < -0.3 is 4.74 Å². The first-order chi connectivity index (χ1) is 11.6. The second kappa shape index (κ2) is 7.02. The number of ether oxygens (including phenoxy) is 1. The Balaban J connectivity index is 1.54. The summed E-state index contributed by atoms with van der Waals surface area (Å²) in [6.07, 6.45) is -0.325. The average Bonchev–Trinajstić information content (AvgIpc) is 2.97. The summed E-state index contributed by atoms with van der Waals surface area (Å²) in [7, 11) is -3.54. The summed E-state index contributed by atoms with van der Waals surface area (Å²) < 4.78 is 32.1. The van der Waals surface area contributed by atoms with Crippen molar-refractivity contribution in [2.24, 2.45) is 0 Å². The number of carbonyl (C=O) groups is 1. The van der Waals surface area contributed by atoms with Crippen molar-refractivity contribution in [3.8, 4) is 0 Å². The Hall–Kier alpha value is -2.38. The zero-order valence-electron chi connectivity index (χ0n) is 13.0. The Morgan fingerprint density at radius 1 is 1.04 bits per heavy atom. The van der Waals surface area contributed by atoms with Gasteiger partial charge in [-0.3, -0.25) is 4.90 Å². The first-order valence-corrected chi connectivity index (χ1v) is 9.12. The van der Waals surface area contributed by atoms with Crippen molar-refractivity contribution in [2.45, 2.75) is 17.4 Å². The van der Waals surface area contributed by atoms with Crippen LogP contribution in [0, 0.1) is 0 Å². The lowest BCUT2D eigenvalue weighted by Crippen LogP contribution is -2.29. The lowest BCUT2D eigenvalue weighted by Gasteiger charge is -2.12. The quantitative estimate of drug-likeness (QED) is 0.871. The summed E-state index contributed by atoms with van der Waals surface area (Å²) in [6, 6.07) is 17.4. The molecule has 0 saturated carbocycles. The number of hydrogen-bond donors (Lipinski definition) is 1. The molecule has 0 aliphatic carbocycles. The molecule has 1 fully saturated rings. The number of nitrogens with zero attached hydrogens (tertiary/aromatic N) is 1. The van der Waals surface area contributed by atoms with Crippen molar-refractivity contribution in [3.05, 3.63) is 60.7 Å². The Kier molecular flexibility index (Phi) is 4.82. The molecule has 1 unspecified atom stereocenters. The maximum Gasteiger partial charge on any atom is 0.414 e. The third-order valence-corrected chi connectivity index (χ3v) is 5.23. The summed E-state index contributed by atoms with van der Waals surface area (Å²) >= 11 is 0. The van der Waals surface area contributed by atoms with E-state index in [1.807, 2.05) is 30.3 Å². The highest BCUT2D eigenvalue weighted by molar-refractivity contribution is 7.89. The monoisotopic (exact) mass is 346 g/mol. The molecule has 1 aliphatic heterocycles. The van der Waals surface area contributed by atoms with Gasteiger partial charge >= 0.3 is 6.09 Å². The van der Waals surface area contributed by atoms with Crippen molar-refractivity contribution in [1.29, 1.82) is 0 Å². The predicted molar refractivity (Wildman–Crippen MR) is 90.3 cm³/mol. The number of benzene rings is 2. The van der Waals surface area contributed by atoms with Crippen LogP contribution in [0.1, 0.15) is 6.42 Å². The highest BCUT2D eigenvalue weighted by atomic mass is 32.2. The summed E-state index contributed by atoms with van der Waals surface area (Å²) in [5.74, 6) is 0. The number of carbonyl (C=O) groups excluding carboxylic acids is 1. The van der Waals surface area contributed by atoms with Gasteiger partial charge in [-0.2, -0.15) is 0 Å². The van der Waals surface area contributed by atoms with E-state index in [4.69, 9.17) is 4.74 Å². The maximum atomic E-state index is 12.1. The normalized spacial score (nSPS) is 17.8. The smallest absolute Gasteiger partial charge is 0.414 e. The number of para-hydroxylation sites is 1. The van der Waals surface area contributed by atoms with Gasteiger partial charge in [-0.1, -0.05) is 36.4 Å². The minimum Gasteiger partial charge on any atom is -0.444 e. The van der Waals surface area contributed by atoms with Crippen molar-refractivity contribution < 1.29 is 17.9 Å². The summed E-state index contributed by atoms with van der Waals surface area (Å²) in [5.41, 5.74) is 0.773. The zero-order valence-corrected chi connectivity index (χ0v) is 13.8. The number of nitrogens with one attached hydrogen (secondary N) is 1. The minimum absolute atomic E-state index is 0.206. The van der Waals surface area contributed by atoms with Gasteiger partial charge in [0, 0.05) is 12.2 Å². The van der Waals surface area contributed by atoms with E-state index < -0.39 is 16.1 Å². The Morgan fingerprint density at radius 2 is 1.67 bits per heavy atom. The molecule has 0 aromatic heterocycles. The van der Waals surface area contributed by atoms with Crippen molar-refractivity contribution in [1.82, 2.24) is 4.72 Å². The predicted octanol–water partition coefficient (Wildman–Crippen LogP) is 2.38. The molecule has 2 aromatic rings. The molecule has 7 heteroatoms. The molecule has 0 radical (unpaired) electrons. The fourth-order valence-electron chi connectivity index (χ4n) is 2.53. The standard InChI is InChI=1S/C17H18N2O4S/c20-17-19(14-7-3-1-4-8-14)13-15(23-17)11-12-18-24(21,22)16-9-5-2-6-10-16/h1-10,15,18H,11-13H2. The SMILES string of the molecule is O=C1OC(CCNS(=O)(=O)c2ccccc2)CN1c1ccccc1. The van der Waals surface area contributed by atoms with Gasteiger partial charge in [0.15, 0.2) is 0 Å². The van der Waals surface area contributed by atoms with Gasteiger partial charge in [0.05, 0.1) is 11.4 Å². The molecule has 1 atom stereocenters. The molecule has 3 rings (SSSR count). The first kappa shape index (κ1) is 16.5. The summed E-state index contributed by atoms with van der Waals surface area (Å²) in [5, 5.41) is 0. The Bertz CT molecular complexity index is 794. The highest BCUT2D eigenvalue weighted by Gasteiger charge is 2.32. The van der Waals surface area contributed by atoms with Gasteiger partial charge in [-0.25, -0.2) is 17.9 Å². The second-order valence-electron chi connectivity index (χ2n) is 5.45. The third-order valence-electron chi connectivity index (χ3n) is 3.75. The first-order valence-electron chi connectivity index (χ1n) is 7.64. The van der Waals surface area contributed by atoms with Crippen molar-refractivity contribution in [2.75, 3.05) is 18.0 Å². The fourth-order valence-corrected chi connectivity index (χ4v) is 3.60. The Morgan fingerprint density at radius 3 is 2.33 bits per heavy atom. The zero-order chi connectivity index (χ0) is 17.0. The molecule has 0 spiro atoms. The number of rotatable bonds is 6. The fraction of sp³-hybridized carbons (Fsp3) is 0.235. The minimum atomic E-state index is -3.54. The van der Waals surface area contributed by atoms with Gasteiger partial charge in [0.2, 0.25) is 10.0 Å².